The topological polar surface area (TPSA) is 93.4 Å². The van der Waals surface area contributed by atoms with Gasteiger partial charge in [0.15, 0.2) is 0 Å². The highest BCUT2D eigenvalue weighted by Gasteiger charge is 2.16. The van der Waals surface area contributed by atoms with Gasteiger partial charge in [-0.05, 0) is 18.6 Å². The van der Waals surface area contributed by atoms with Crippen LogP contribution < -0.4 is 5.32 Å². The molecule has 0 aliphatic rings. The fraction of sp³-hybridized carbons (Fsp3) is 0.308. The molecule has 1 aromatic rings. The molecule has 0 spiro atoms. The van der Waals surface area contributed by atoms with E-state index in [4.69, 9.17) is 10.4 Å². The Kier molecular flexibility index (Phi) is 4.89. The predicted molar refractivity (Wildman–Crippen MR) is 70.0 cm³/mol. The van der Waals surface area contributed by atoms with E-state index in [0.29, 0.717) is 5.56 Å². The molecule has 0 bridgehead atoms. The summed E-state index contributed by atoms with van der Waals surface area (Å²) in [6, 6.07) is 6.37. The number of carboxylic acids is 1. The number of nitrogens with one attached hydrogen (secondary N) is 1. The number of carbonyl (C=O) groups excluding carboxylic acids is 1. The van der Waals surface area contributed by atoms with Crippen LogP contribution >= 0.6 is 0 Å². The molecule has 0 aliphatic carbocycles. The monoisotopic (exact) mass is 261 g/mol. The second-order valence-electron chi connectivity index (χ2n) is 4.06. The summed E-state index contributed by atoms with van der Waals surface area (Å²) in [6.07, 6.45) is 0.226. The van der Waals surface area contributed by atoms with Gasteiger partial charge in [0.2, 0.25) is 0 Å². The Morgan fingerprint density at radius 3 is 2.74 bits per heavy atom. The Morgan fingerprint density at radius 2 is 2.16 bits per heavy atom. The third kappa shape index (κ3) is 3.71. The van der Waals surface area contributed by atoms with Crippen LogP contribution in [0.5, 0.6) is 0 Å². The number of urea groups is 1. The number of amides is 2. The minimum absolute atomic E-state index is 0.0736. The molecule has 19 heavy (non-hydrogen) atoms. The van der Waals surface area contributed by atoms with E-state index in [1.807, 2.05) is 6.07 Å². The van der Waals surface area contributed by atoms with Crippen molar-refractivity contribution >= 4 is 17.7 Å². The molecule has 0 heterocycles. The molecule has 0 fully saturated rings. The van der Waals surface area contributed by atoms with Gasteiger partial charge in [0.05, 0.1) is 23.7 Å². The zero-order chi connectivity index (χ0) is 14.4. The molecule has 0 atom stereocenters. The molecule has 6 nitrogen and oxygen atoms in total. The minimum atomic E-state index is -1.09. The molecule has 0 aliphatic heterocycles. The Labute approximate surface area is 111 Å². The number of benzene rings is 1. The van der Waals surface area contributed by atoms with Gasteiger partial charge in [0, 0.05) is 13.6 Å². The van der Waals surface area contributed by atoms with Gasteiger partial charge in [-0.25, -0.2) is 9.59 Å². The quantitative estimate of drug-likeness (QED) is 0.867. The predicted octanol–water partition coefficient (Wildman–Crippen LogP) is 2.07. The van der Waals surface area contributed by atoms with Crippen LogP contribution in [0.3, 0.4) is 0 Å². The average Bonchev–Trinajstić information content (AvgIpc) is 2.35. The fourth-order valence-corrected chi connectivity index (χ4v) is 1.59. The molecule has 100 valence electrons. The van der Waals surface area contributed by atoms with Gasteiger partial charge in [-0.15, -0.1) is 0 Å². The van der Waals surface area contributed by atoms with Crippen LogP contribution in [-0.2, 0) is 0 Å². The van der Waals surface area contributed by atoms with E-state index in [0.717, 1.165) is 0 Å². The maximum atomic E-state index is 11.8. The summed E-state index contributed by atoms with van der Waals surface area (Å²) < 4.78 is 0. The lowest BCUT2D eigenvalue weighted by Gasteiger charge is -2.17. The van der Waals surface area contributed by atoms with Crippen LogP contribution in [0.1, 0.15) is 22.3 Å². The first kappa shape index (κ1) is 14.5. The molecule has 0 aromatic heterocycles. The number of carbonyl (C=O) groups is 2. The highest BCUT2D eigenvalue weighted by atomic mass is 16.4. The lowest BCUT2D eigenvalue weighted by atomic mass is 10.1. The number of anilines is 1. The summed E-state index contributed by atoms with van der Waals surface area (Å²) >= 11 is 0. The van der Waals surface area contributed by atoms with Gasteiger partial charge in [-0.2, -0.15) is 5.26 Å². The van der Waals surface area contributed by atoms with Crippen LogP contribution in [0.15, 0.2) is 18.2 Å². The first-order chi connectivity index (χ1) is 8.97. The third-order valence-electron chi connectivity index (χ3n) is 2.63. The van der Waals surface area contributed by atoms with Crippen LogP contribution in [0, 0.1) is 18.3 Å². The molecular weight excluding hydrogens is 246 g/mol. The third-order valence-corrected chi connectivity index (χ3v) is 2.63. The minimum Gasteiger partial charge on any atom is -0.478 e. The Balaban J connectivity index is 2.89. The van der Waals surface area contributed by atoms with E-state index in [9.17, 15) is 9.59 Å². The SMILES string of the molecule is Cc1cccc(NC(=O)N(C)CCC#N)c1C(=O)O. The summed E-state index contributed by atoms with van der Waals surface area (Å²) in [4.78, 5) is 24.3. The van der Waals surface area contributed by atoms with E-state index in [2.05, 4.69) is 5.32 Å². The molecule has 1 aromatic carbocycles. The number of nitriles is 1. The summed E-state index contributed by atoms with van der Waals surface area (Å²) in [5.41, 5.74) is 0.899. The number of aromatic carboxylic acids is 1. The highest BCUT2D eigenvalue weighted by molar-refractivity contribution is 6.01. The first-order valence-electron chi connectivity index (χ1n) is 5.69. The van der Waals surface area contributed by atoms with Crippen molar-refractivity contribution in [3.63, 3.8) is 0 Å². The lowest BCUT2D eigenvalue weighted by molar-refractivity contribution is 0.0697. The van der Waals surface area contributed by atoms with E-state index >= 15 is 0 Å². The Hall–Kier alpha value is -2.55. The summed E-state index contributed by atoms with van der Waals surface area (Å²) in [7, 11) is 1.54. The number of hydrogen-bond acceptors (Lipinski definition) is 3. The normalized spacial score (nSPS) is 9.53. The second kappa shape index (κ2) is 6.40. The summed E-state index contributed by atoms with van der Waals surface area (Å²) in [5, 5.41) is 20.1. The Bertz CT molecular complexity index is 534. The van der Waals surface area contributed by atoms with E-state index in [1.165, 1.54) is 11.0 Å². The van der Waals surface area contributed by atoms with Crippen molar-refractivity contribution in [1.29, 1.82) is 5.26 Å². The van der Waals surface area contributed by atoms with Crippen LogP contribution in [0.4, 0.5) is 10.5 Å². The first-order valence-corrected chi connectivity index (χ1v) is 5.69. The molecule has 0 unspecified atom stereocenters. The molecule has 6 heteroatoms. The van der Waals surface area contributed by atoms with Crippen molar-refractivity contribution in [2.45, 2.75) is 13.3 Å². The van der Waals surface area contributed by atoms with Crippen molar-refractivity contribution in [2.24, 2.45) is 0 Å². The summed E-state index contributed by atoms with van der Waals surface area (Å²) in [6.45, 7) is 1.95. The number of carboxylic acid groups (broad SMARTS) is 1. The largest absolute Gasteiger partial charge is 0.478 e. The van der Waals surface area contributed by atoms with Gasteiger partial charge < -0.3 is 15.3 Å². The number of nitrogens with zero attached hydrogens (tertiary/aromatic N) is 2. The zero-order valence-corrected chi connectivity index (χ0v) is 10.8. The van der Waals surface area contributed by atoms with Crippen LogP contribution in [0.25, 0.3) is 0 Å². The average molecular weight is 261 g/mol. The van der Waals surface area contributed by atoms with Crippen LogP contribution in [0.2, 0.25) is 0 Å². The van der Waals surface area contributed by atoms with Crippen molar-refractivity contribution in [3.8, 4) is 6.07 Å². The maximum absolute atomic E-state index is 11.8. The standard InChI is InChI=1S/C13H15N3O3/c1-9-5-3-6-10(11(9)12(17)18)15-13(19)16(2)8-4-7-14/h3,5-6H,4,8H2,1-2H3,(H,15,19)(H,17,18). The summed E-state index contributed by atoms with van der Waals surface area (Å²) in [5.74, 6) is -1.09. The van der Waals surface area contributed by atoms with E-state index in [1.54, 1.807) is 26.1 Å². The maximum Gasteiger partial charge on any atom is 0.338 e. The fourth-order valence-electron chi connectivity index (χ4n) is 1.59. The molecular formula is C13H15N3O3. The van der Waals surface area contributed by atoms with Crippen molar-refractivity contribution < 1.29 is 14.7 Å². The molecule has 1 rings (SSSR count). The molecule has 0 saturated carbocycles. The highest BCUT2D eigenvalue weighted by Crippen LogP contribution is 2.19. The molecule has 0 radical (unpaired) electrons. The molecule has 0 saturated heterocycles. The number of aryl methyl sites for hydroxylation is 1. The number of rotatable bonds is 4. The smallest absolute Gasteiger partial charge is 0.338 e. The zero-order valence-electron chi connectivity index (χ0n) is 10.8. The second-order valence-corrected chi connectivity index (χ2v) is 4.06. The van der Waals surface area contributed by atoms with Crippen molar-refractivity contribution in [1.82, 2.24) is 4.90 Å². The van der Waals surface area contributed by atoms with Gasteiger partial charge in [-0.3, -0.25) is 0 Å². The van der Waals surface area contributed by atoms with Crippen LogP contribution in [-0.4, -0.2) is 35.6 Å². The van der Waals surface area contributed by atoms with Gasteiger partial charge in [0.25, 0.3) is 0 Å². The van der Waals surface area contributed by atoms with E-state index in [-0.39, 0.29) is 24.2 Å². The number of hydrogen-bond donors (Lipinski definition) is 2. The van der Waals surface area contributed by atoms with Crippen molar-refractivity contribution in [2.75, 3.05) is 18.9 Å². The lowest BCUT2D eigenvalue weighted by Crippen LogP contribution is -2.32. The van der Waals surface area contributed by atoms with Gasteiger partial charge in [-0.1, -0.05) is 12.1 Å². The van der Waals surface area contributed by atoms with E-state index < -0.39 is 12.0 Å². The molecule has 2 amide bonds. The van der Waals surface area contributed by atoms with Gasteiger partial charge in [0.1, 0.15) is 0 Å². The Morgan fingerprint density at radius 1 is 1.47 bits per heavy atom. The molecule has 2 N–H and O–H groups in total. The van der Waals surface area contributed by atoms with Crippen molar-refractivity contribution in [3.05, 3.63) is 29.3 Å². The van der Waals surface area contributed by atoms with Gasteiger partial charge >= 0.3 is 12.0 Å².